The Bertz CT molecular complexity index is 1060. The van der Waals surface area contributed by atoms with Crippen LogP contribution in [0, 0.1) is 6.92 Å². The number of nitrogens with one attached hydrogen (secondary N) is 1. The molecule has 3 aromatic rings. The number of alkyl halides is 3. The maximum absolute atomic E-state index is 12.3. The highest BCUT2D eigenvalue weighted by Crippen LogP contribution is 2.29. The van der Waals surface area contributed by atoms with Crippen LogP contribution in [0.15, 0.2) is 60.6 Å². The minimum absolute atomic E-state index is 0.299. The molecular weight excluding hydrogens is 401 g/mol. The van der Waals surface area contributed by atoms with E-state index in [1.54, 1.807) is 23.0 Å². The number of pyridine rings is 1. The molecule has 0 saturated carbocycles. The van der Waals surface area contributed by atoms with Crippen molar-refractivity contribution < 1.29 is 27.5 Å². The van der Waals surface area contributed by atoms with Gasteiger partial charge in [-0.25, -0.2) is 5.48 Å². The van der Waals surface area contributed by atoms with E-state index in [2.05, 4.69) is 20.3 Å². The lowest BCUT2D eigenvalue weighted by atomic mass is 10.1. The van der Waals surface area contributed by atoms with Gasteiger partial charge in [-0.2, -0.15) is 5.10 Å². The molecule has 7 nitrogen and oxygen atoms in total. The summed E-state index contributed by atoms with van der Waals surface area (Å²) in [7, 11) is 1.85. The van der Waals surface area contributed by atoms with Crippen molar-refractivity contribution in [2.24, 2.45) is 7.05 Å². The van der Waals surface area contributed by atoms with E-state index in [0.717, 1.165) is 17.1 Å². The van der Waals surface area contributed by atoms with Crippen LogP contribution in [0.5, 0.6) is 11.5 Å². The van der Waals surface area contributed by atoms with Crippen molar-refractivity contribution in [2.45, 2.75) is 19.4 Å². The molecule has 1 aromatic carbocycles. The number of hydrogen-bond donors (Lipinski definition) is 1. The molecule has 0 spiro atoms. The first-order chi connectivity index (χ1) is 14.3. The number of nitrogens with zero attached hydrogens (tertiary/aromatic N) is 3. The third-order valence-corrected chi connectivity index (χ3v) is 4.26. The van der Waals surface area contributed by atoms with Gasteiger partial charge in [0.1, 0.15) is 17.6 Å². The number of ether oxygens (including phenoxy) is 2. The number of halogens is 3. The van der Waals surface area contributed by atoms with Gasteiger partial charge in [-0.15, -0.1) is 13.2 Å². The molecule has 0 saturated heterocycles. The van der Waals surface area contributed by atoms with Crippen LogP contribution >= 0.6 is 0 Å². The Morgan fingerprint density at radius 3 is 2.43 bits per heavy atom. The number of hydrogen-bond acceptors (Lipinski definition) is 6. The second kappa shape index (κ2) is 7.71. The average Bonchev–Trinajstić information content (AvgIpc) is 3.28. The van der Waals surface area contributed by atoms with Gasteiger partial charge in [-0.05, 0) is 42.8 Å². The summed E-state index contributed by atoms with van der Waals surface area (Å²) in [5.41, 5.74) is 5.83. The first-order valence-corrected chi connectivity index (χ1v) is 8.91. The van der Waals surface area contributed by atoms with Crippen molar-refractivity contribution in [1.82, 2.24) is 20.2 Å². The summed E-state index contributed by atoms with van der Waals surface area (Å²) in [6.07, 6.45) is -2.01. The molecule has 1 aliphatic rings. The Kier molecular flexibility index (Phi) is 5.08. The van der Waals surface area contributed by atoms with Gasteiger partial charge < -0.3 is 9.47 Å². The normalized spacial score (nSPS) is 16.2. The molecule has 10 heteroatoms. The lowest BCUT2D eigenvalue weighted by Gasteiger charge is -2.11. The van der Waals surface area contributed by atoms with Crippen molar-refractivity contribution in [1.29, 1.82) is 0 Å². The molecule has 0 radical (unpaired) electrons. The van der Waals surface area contributed by atoms with Crippen LogP contribution in [0.2, 0.25) is 0 Å². The van der Waals surface area contributed by atoms with E-state index < -0.39 is 12.5 Å². The molecule has 1 N–H and O–H groups in total. The molecule has 2 aromatic heterocycles. The SMILES string of the molecule is Cc1cc(-c2ccc(OC3=C[C@@H](c4ccc(OC(F)(F)F)cc4)ON3)cn2)n(C)n1. The average molecular weight is 418 g/mol. The highest BCUT2D eigenvalue weighted by molar-refractivity contribution is 5.55. The summed E-state index contributed by atoms with van der Waals surface area (Å²) >= 11 is 0. The van der Waals surface area contributed by atoms with E-state index in [1.807, 2.05) is 26.1 Å². The first-order valence-electron chi connectivity index (χ1n) is 8.91. The van der Waals surface area contributed by atoms with Crippen molar-refractivity contribution >= 4 is 0 Å². The van der Waals surface area contributed by atoms with Crippen LogP contribution in [-0.2, 0) is 11.9 Å². The van der Waals surface area contributed by atoms with Crippen LogP contribution in [0.4, 0.5) is 13.2 Å². The Hall–Kier alpha value is -3.53. The summed E-state index contributed by atoms with van der Waals surface area (Å²) in [6.45, 7) is 1.91. The van der Waals surface area contributed by atoms with E-state index in [-0.39, 0.29) is 5.75 Å². The monoisotopic (exact) mass is 418 g/mol. The summed E-state index contributed by atoms with van der Waals surface area (Å²) in [5.74, 6) is 0.545. The fourth-order valence-corrected chi connectivity index (χ4v) is 2.97. The van der Waals surface area contributed by atoms with Gasteiger partial charge in [0, 0.05) is 13.1 Å². The standard InChI is InChI=1S/C20H17F3N4O3/c1-12-9-17(27(2)25-12)16-8-7-15(11-24-16)28-19-10-18(30-26-19)13-3-5-14(6-4-13)29-20(21,22)23/h3-11,18,26H,1-2H3/t18-/m0/s1. The number of aromatic nitrogens is 3. The molecule has 1 aliphatic heterocycles. The number of hydroxylamine groups is 1. The zero-order chi connectivity index (χ0) is 21.3. The maximum atomic E-state index is 12.3. The lowest BCUT2D eigenvalue weighted by Crippen LogP contribution is -2.17. The van der Waals surface area contributed by atoms with Crippen molar-refractivity contribution in [3.63, 3.8) is 0 Å². The Labute approximate surface area is 169 Å². The van der Waals surface area contributed by atoms with Gasteiger partial charge in [0.05, 0.1) is 23.3 Å². The van der Waals surface area contributed by atoms with Gasteiger partial charge >= 0.3 is 6.36 Å². The van der Waals surface area contributed by atoms with Crippen LogP contribution in [0.1, 0.15) is 17.4 Å². The molecular formula is C20H17F3N4O3. The Balaban J connectivity index is 1.41. The molecule has 0 bridgehead atoms. The zero-order valence-corrected chi connectivity index (χ0v) is 16.0. The summed E-state index contributed by atoms with van der Waals surface area (Å²) in [4.78, 5) is 9.81. The third-order valence-electron chi connectivity index (χ3n) is 4.26. The maximum Gasteiger partial charge on any atom is 0.573 e. The largest absolute Gasteiger partial charge is 0.573 e. The zero-order valence-electron chi connectivity index (χ0n) is 16.0. The molecule has 0 amide bonds. The van der Waals surface area contributed by atoms with Gasteiger partial charge in [0.25, 0.3) is 0 Å². The van der Waals surface area contributed by atoms with Gasteiger partial charge in [-0.1, -0.05) is 12.1 Å². The molecule has 0 aliphatic carbocycles. The Morgan fingerprint density at radius 1 is 1.10 bits per heavy atom. The molecule has 1 atom stereocenters. The highest BCUT2D eigenvalue weighted by atomic mass is 19.4. The summed E-state index contributed by atoms with van der Waals surface area (Å²) in [6, 6.07) is 10.9. The van der Waals surface area contributed by atoms with Crippen LogP contribution < -0.4 is 15.0 Å². The van der Waals surface area contributed by atoms with E-state index in [9.17, 15) is 13.2 Å². The van der Waals surface area contributed by atoms with Gasteiger partial charge in [-0.3, -0.25) is 14.5 Å². The van der Waals surface area contributed by atoms with Gasteiger partial charge in [0.2, 0.25) is 5.88 Å². The molecule has 4 rings (SSSR count). The summed E-state index contributed by atoms with van der Waals surface area (Å²) in [5, 5.41) is 4.30. The lowest BCUT2D eigenvalue weighted by molar-refractivity contribution is -0.274. The van der Waals surface area contributed by atoms with E-state index in [4.69, 9.17) is 9.57 Å². The van der Waals surface area contributed by atoms with E-state index in [1.165, 1.54) is 24.3 Å². The molecule has 3 heterocycles. The van der Waals surface area contributed by atoms with Gasteiger partial charge in [0.15, 0.2) is 0 Å². The molecule has 0 fully saturated rings. The number of benzene rings is 1. The second-order valence-corrected chi connectivity index (χ2v) is 6.56. The fourth-order valence-electron chi connectivity index (χ4n) is 2.97. The topological polar surface area (TPSA) is 70.4 Å². The van der Waals surface area contributed by atoms with Crippen LogP contribution in [-0.4, -0.2) is 21.1 Å². The third kappa shape index (κ3) is 4.54. The smallest absolute Gasteiger partial charge is 0.438 e. The quantitative estimate of drug-likeness (QED) is 0.670. The van der Waals surface area contributed by atoms with Crippen molar-refractivity contribution in [2.75, 3.05) is 0 Å². The molecule has 30 heavy (non-hydrogen) atoms. The first kappa shape index (κ1) is 19.8. The van der Waals surface area contributed by atoms with Crippen LogP contribution in [0.25, 0.3) is 11.4 Å². The minimum atomic E-state index is -4.73. The van der Waals surface area contributed by atoms with Crippen LogP contribution in [0.3, 0.4) is 0 Å². The van der Waals surface area contributed by atoms with Crippen molar-refractivity contribution in [3.05, 3.63) is 71.9 Å². The second-order valence-electron chi connectivity index (χ2n) is 6.56. The Morgan fingerprint density at radius 2 is 1.83 bits per heavy atom. The molecule has 156 valence electrons. The fraction of sp³-hybridized carbons (Fsp3) is 0.200. The predicted molar refractivity (Wildman–Crippen MR) is 100.0 cm³/mol. The van der Waals surface area contributed by atoms with E-state index >= 15 is 0 Å². The predicted octanol–water partition coefficient (Wildman–Crippen LogP) is 4.19. The van der Waals surface area contributed by atoms with E-state index in [0.29, 0.717) is 17.2 Å². The summed E-state index contributed by atoms with van der Waals surface area (Å²) < 4.78 is 48.1. The highest BCUT2D eigenvalue weighted by Gasteiger charge is 2.31. The number of aryl methyl sites for hydroxylation is 2. The molecule has 0 unspecified atom stereocenters. The van der Waals surface area contributed by atoms with Crippen molar-refractivity contribution in [3.8, 4) is 22.9 Å². The number of rotatable bonds is 5. The minimum Gasteiger partial charge on any atom is -0.438 e.